The molecule has 0 N–H and O–H groups in total. The van der Waals surface area contributed by atoms with Gasteiger partial charge in [-0.15, -0.1) is 0 Å². The molecule has 1 heterocycles. The normalized spacial score (nSPS) is 10.2. The van der Waals surface area contributed by atoms with Crippen molar-refractivity contribution in [3.8, 4) is 6.07 Å². The van der Waals surface area contributed by atoms with Gasteiger partial charge >= 0.3 is 5.97 Å². The number of benzene rings is 1. The molecular formula is C14H14N2O2. The molecule has 0 spiro atoms. The number of methoxy groups -OCH3 is 1. The van der Waals surface area contributed by atoms with Gasteiger partial charge in [-0.3, -0.25) is 4.79 Å². The van der Waals surface area contributed by atoms with E-state index in [1.807, 2.05) is 24.4 Å². The molecule has 0 unspecified atom stereocenters. The summed E-state index contributed by atoms with van der Waals surface area (Å²) in [5.74, 6) is -0.191. The van der Waals surface area contributed by atoms with Gasteiger partial charge in [0.15, 0.2) is 0 Å². The molecule has 1 aromatic heterocycles. The van der Waals surface area contributed by atoms with Crippen molar-refractivity contribution in [3.63, 3.8) is 0 Å². The molecule has 0 aliphatic heterocycles. The summed E-state index contributed by atoms with van der Waals surface area (Å²) in [6.45, 7) is 0.744. The van der Waals surface area contributed by atoms with Crippen LogP contribution in [0.3, 0.4) is 0 Å². The largest absolute Gasteiger partial charge is 0.469 e. The van der Waals surface area contributed by atoms with Gasteiger partial charge in [-0.25, -0.2) is 0 Å². The lowest BCUT2D eigenvalue weighted by Gasteiger charge is -2.05. The van der Waals surface area contributed by atoms with Crippen molar-refractivity contribution in [3.05, 3.63) is 36.0 Å². The van der Waals surface area contributed by atoms with E-state index in [2.05, 4.69) is 15.4 Å². The molecule has 0 atom stereocenters. The summed E-state index contributed by atoms with van der Waals surface area (Å²) in [5, 5.41) is 9.96. The highest BCUT2D eigenvalue weighted by Crippen LogP contribution is 2.20. The lowest BCUT2D eigenvalue weighted by atomic mass is 10.1. The smallest absolute Gasteiger partial charge is 0.305 e. The lowest BCUT2D eigenvalue weighted by molar-refractivity contribution is -0.140. The topological polar surface area (TPSA) is 55.0 Å². The zero-order valence-electron chi connectivity index (χ0n) is 10.2. The van der Waals surface area contributed by atoms with Gasteiger partial charge in [-0.05, 0) is 24.6 Å². The van der Waals surface area contributed by atoms with Gasteiger partial charge in [0.2, 0.25) is 0 Å². The van der Waals surface area contributed by atoms with Gasteiger partial charge in [0, 0.05) is 30.1 Å². The average molecular weight is 242 g/mol. The van der Waals surface area contributed by atoms with Crippen LogP contribution in [0.5, 0.6) is 0 Å². The van der Waals surface area contributed by atoms with Crippen LogP contribution in [0.4, 0.5) is 0 Å². The molecule has 0 saturated carbocycles. The number of fused-ring (bicyclic) bond motifs is 1. The quantitative estimate of drug-likeness (QED) is 0.774. The number of esters is 1. The highest BCUT2D eigenvalue weighted by Gasteiger charge is 2.06. The second-order valence-corrected chi connectivity index (χ2v) is 4.04. The molecule has 0 fully saturated rings. The highest BCUT2D eigenvalue weighted by atomic mass is 16.5. The first-order valence-corrected chi connectivity index (χ1v) is 5.81. The third kappa shape index (κ3) is 2.35. The second-order valence-electron chi connectivity index (χ2n) is 4.04. The van der Waals surface area contributed by atoms with E-state index in [-0.39, 0.29) is 5.97 Å². The van der Waals surface area contributed by atoms with E-state index in [4.69, 9.17) is 5.26 Å². The van der Waals surface area contributed by atoms with E-state index in [0.29, 0.717) is 12.0 Å². The number of nitrogens with zero attached hydrogens (tertiary/aromatic N) is 2. The fraction of sp³-hybridized carbons (Fsp3) is 0.286. The Kier molecular flexibility index (Phi) is 3.63. The van der Waals surface area contributed by atoms with E-state index in [0.717, 1.165) is 23.9 Å². The van der Waals surface area contributed by atoms with E-state index in [1.165, 1.54) is 7.11 Å². The number of ether oxygens (including phenoxy) is 1. The van der Waals surface area contributed by atoms with Gasteiger partial charge in [-0.2, -0.15) is 5.26 Å². The SMILES string of the molecule is COC(=O)CCCn1ccc2c(C#N)cccc21. The van der Waals surface area contributed by atoms with E-state index < -0.39 is 0 Å². The molecule has 4 heteroatoms. The molecule has 18 heavy (non-hydrogen) atoms. The Labute approximate surface area is 105 Å². The Morgan fingerprint density at radius 1 is 1.44 bits per heavy atom. The van der Waals surface area contributed by atoms with E-state index in [9.17, 15) is 4.79 Å². The first-order valence-electron chi connectivity index (χ1n) is 5.81. The van der Waals surface area contributed by atoms with Crippen LogP contribution >= 0.6 is 0 Å². The Balaban J connectivity index is 2.15. The van der Waals surface area contributed by atoms with Crippen molar-refractivity contribution in [2.75, 3.05) is 7.11 Å². The molecule has 0 bridgehead atoms. The summed E-state index contributed by atoms with van der Waals surface area (Å²) >= 11 is 0. The van der Waals surface area contributed by atoms with Gasteiger partial charge < -0.3 is 9.30 Å². The van der Waals surface area contributed by atoms with Crippen LogP contribution in [0.2, 0.25) is 0 Å². The standard InChI is InChI=1S/C14H14N2O2/c1-18-14(17)6-3-8-16-9-7-12-11(10-15)4-2-5-13(12)16/h2,4-5,7,9H,3,6,8H2,1H3. The van der Waals surface area contributed by atoms with Crippen LogP contribution < -0.4 is 0 Å². The molecule has 0 saturated heterocycles. The maximum absolute atomic E-state index is 11.0. The van der Waals surface area contributed by atoms with Crippen molar-refractivity contribution < 1.29 is 9.53 Å². The van der Waals surface area contributed by atoms with Crippen LogP contribution in [0, 0.1) is 11.3 Å². The molecule has 4 nitrogen and oxygen atoms in total. The second kappa shape index (κ2) is 5.37. The number of nitriles is 1. The number of hydrogen-bond donors (Lipinski definition) is 0. The van der Waals surface area contributed by atoms with Crippen molar-refractivity contribution >= 4 is 16.9 Å². The summed E-state index contributed by atoms with van der Waals surface area (Å²) in [4.78, 5) is 11.0. The molecule has 92 valence electrons. The number of carbonyl (C=O) groups is 1. The molecule has 0 radical (unpaired) electrons. The molecule has 0 aliphatic carbocycles. The van der Waals surface area contributed by atoms with Crippen molar-refractivity contribution in [1.29, 1.82) is 5.26 Å². The van der Waals surface area contributed by atoms with Crippen LogP contribution in [0.15, 0.2) is 30.5 Å². The minimum absolute atomic E-state index is 0.191. The Morgan fingerprint density at radius 2 is 2.28 bits per heavy atom. The fourth-order valence-corrected chi connectivity index (χ4v) is 2.01. The minimum Gasteiger partial charge on any atom is -0.469 e. The maximum atomic E-state index is 11.0. The molecule has 1 aromatic carbocycles. The molecule has 0 amide bonds. The van der Waals surface area contributed by atoms with Crippen LogP contribution in [0.1, 0.15) is 18.4 Å². The Hall–Kier alpha value is -2.28. The average Bonchev–Trinajstić information content (AvgIpc) is 2.82. The first-order chi connectivity index (χ1) is 8.76. The zero-order chi connectivity index (χ0) is 13.0. The van der Waals surface area contributed by atoms with E-state index >= 15 is 0 Å². The summed E-state index contributed by atoms with van der Waals surface area (Å²) in [5.41, 5.74) is 1.71. The summed E-state index contributed by atoms with van der Waals surface area (Å²) in [6.07, 6.45) is 3.09. The maximum Gasteiger partial charge on any atom is 0.305 e. The molecular weight excluding hydrogens is 228 g/mol. The fourth-order valence-electron chi connectivity index (χ4n) is 2.01. The van der Waals surface area contributed by atoms with Crippen molar-refractivity contribution in [1.82, 2.24) is 4.57 Å². The molecule has 0 aliphatic rings. The van der Waals surface area contributed by atoms with Crippen LogP contribution in [-0.2, 0) is 16.1 Å². The predicted molar refractivity (Wildman–Crippen MR) is 67.9 cm³/mol. The first kappa shape index (κ1) is 12.2. The minimum atomic E-state index is -0.191. The Bertz CT molecular complexity index is 608. The van der Waals surface area contributed by atoms with Gasteiger partial charge in [-0.1, -0.05) is 6.07 Å². The Morgan fingerprint density at radius 3 is 3.00 bits per heavy atom. The summed E-state index contributed by atoms with van der Waals surface area (Å²) in [6, 6.07) is 9.78. The molecule has 2 rings (SSSR count). The monoisotopic (exact) mass is 242 g/mol. The van der Waals surface area contributed by atoms with Gasteiger partial charge in [0.1, 0.15) is 0 Å². The van der Waals surface area contributed by atoms with Crippen LogP contribution in [-0.4, -0.2) is 17.6 Å². The summed E-state index contributed by atoms with van der Waals surface area (Å²) in [7, 11) is 1.40. The number of hydrogen-bond acceptors (Lipinski definition) is 3. The number of aryl methyl sites for hydroxylation is 1. The van der Waals surface area contributed by atoms with E-state index in [1.54, 1.807) is 6.07 Å². The van der Waals surface area contributed by atoms with Crippen LogP contribution in [0.25, 0.3) is 10.9 Å². The number of rotatable bonds is 4. The van der Waals surface area contributed by atoms with Gasteiger partial charge in [0.05, 0.1) is 18.7 Å². The highest BCUT2D eigenvalue weighted by molar-refractivity contribution is 5.85. The number of aromatic nitrogens is 1. The summed E-state index contributed by atoms with van der Waals surface area (Å²) < 4.78 is 6.66. The van der Waals surface area contributed by atoms with Crippen molar-refractivity contribution in [2.24, 2.45) is 0 Å². The third-order valence-electron chi connectivity index (χ3n) is 2.94. The lowest BCUT2D eigenvalue weighted by Crippen LogP contribution is -2.03. The third-order valence-corrected chi connectivity index (χ3v) is 2.94. The number of carbonyl (C=O) groups excluding carboxylic acids is 1. The van der Waals surface area contributed by atoms with Crippen molar-refractivity contribution in [2.45, 2.75) is 19.4 Å². The zero-order valence-corrected chi connectivity index (χ0v) is 10.2. The van der Waals surface area contributed by atoms with Gasteiger partial charge in [0.25, 0.3) is 0 Å². The molecule has 2 aromatic rings. The predicted octanol–water partition coefficient (Wildman–Crippen LogP) is 2.47.